The normalized spacial score (nSPS) is 25.3. The summed E-state index contributed by atoms with van der Waals surface area (Å²) in [6.07, 6.45) is 0. The van der Waals surface area contributed by atoms with Crippen LogP contribution < -0.4 is 9.64 Å². The lowest BCUT2D eigenvalue weighted by Crippen LogP contribution is -2.57. The van der Waals surface area contributed by atoms with Crippen molar-refractivity contribution in [2.75, 3.05) is 11.5 Å². The number of nitrogens with zero attached hydrogens (tertiary/aromatic N) is 2. The first kappa shape index (κ1) is 22.2. The number of ether oxygens (including phenoxy) is 1. The second-order valence-electron chi connectivity index (χ2n) is 9.36. The van der Waals surface area contributed by atoms with Crippen LogP contribution in [0.4, 0.5) is 5.69 Å². The molecule has 8 nitrogen and oxygen atoms in total. The maximum Gasteiger partial charge on any atom is 0.285 e. The Morgan fingerprint density at radius 2 is 1.61 bits per heavy atom. The molecule has 1 fully saturated rings. The van der Waals surface area contributed by atoms with Crippen molar-refractivity contribution in [3.63, 3.8) is 0 Å². The fourth-order valence-corrected chi connectivity index (χ4v) is 6.47. The minimum absolute atomic E-state index is 0.139. The molecule has 2 atom stereocenters. The van der Waals surface area contributed by atoms with Crippen molar-refractivity contribution >= 4 is 23.3 Å². The Hall–Kier alpha value is -4.33. The van der Waals surface area contributed by atoms with Crippen LogP contribution in [0.5, 0.6) is 5.75 Å². The molecule has 1 saturated heterocycles. The molecule has 1 aliphatic heterocycles. The number of amides is 2. The number of benzene rings is 3. The summed E-state index contributed by atoms with van der Waals surface area (Å²) in [4.78, 5) is 54.1. The van der Waals surface area contributed by atoms with E-state index in [2.05, 4.69) is 0 Å². The Labute approximate surface area is 206 Å². The molecule has 8 heteroatoms. The fraction of sp³-hybridized carbons (Fsp3) is 0.250. The third kappa shape index (κ3) is 2.56. The summed E-state index contributed by atoms with van der Waals surface area (Å²) < 4.78 is 5.71. The quantitative estimate of drug-likeness (QED) is 0.235. The number of imide groups is 1. The van der Waals surface area contributed by atoms with Crippen molar-refractivity contribution in [1.82, 2.24) is 0 Å². The van der Waals surface area contributed by atoms with Gasteiger partial charge in [-0.3, -0.25) is 24.5 Å². The zero-order chi connectivity index (χ0) is 25.4. The molecule has 0 aromatic heterocycles. The van der Waals surface area contributed by atoms with Crippen molar-refractivity contribution in [3.05, 3.63) is 105 Å². The van der Waals surface area contributed by atoms with Gasteiger partial charge in [0.25, 0.3) is 5.54 Å². The Morgan fingerprint density at radius 3 is 2.17 bits per heavy atom. The van der Waals surface area contributed by atoms with Crippen LogP contribution in [0.1, 0.15) is 52.4 Å². The third-order valence-corrected chi connectivity index (χ3v) is 7.77. The van der Waals surface area contributed by atoms with Crippen molar-refractivity contribution in [3.8, 4) is 5.75 Å². The summed E-state index contributed by atoms with van der Waals surface area (Å²) in [5.41, 5.74) is 0.829. The van der Waals surface area contributed by atoms with Gasteiger partial charge in [-0.05, 0) is 43.2 Å². The molecule has 3 aromatic rings. The molecule has 1 heterocycles. The van der Waals surface area contributed by atoms with Gasteiger partial charge < -0.3 is 4.74 Å². The molecule has 0 spiro atoms. The largest absolute Gasteiger partial charge is 0.492 e. The maximum absolute atomic E-state index is 14.2. The lowest BCUT2D eigenvalue weighted by molar-refractivity contribution is -0.578. The minimum atomic E-state index is -1.90. The highest BCUT2D eigenvalue weighted by Crippen LogP contribution is 2.64. The van der Waals surface area contributed by atoms with E-state index in [-0.39, 0.29) is 23.8 Å². The van der Waals surface area contributed by atoms with Gasteiger partial charge in [-0.25, -0.2) is 4.90 Å². The molecule has 0 N–H and O–H groups in total. The Morgan fingerprint density at radius 1 is 1.00 bits per heavy atom. The van der Waals surface area contributed by atoms with Gasteiger partial charge in [-0.1, -0.05) is 48.5 Å². The summed E-state index contributed by atoms with van der Waals surface area (Å²) in [5.74, 6) is -3.84. The minimum Gasteiger partial charge on any atom is -0.492 e. The van der Waals surface area contributed by atoms with E-state index in [1.54, 1.807) is 55.5 Å². The summed E-state index contributed by atoms with van der Waals surface area (Å²) in [5, 5.41) is 13.1. The van der Waals surface area contributed by atoms with Crippen LogP contribution in [0.25, 0.3) is 0 Å². The molecular weight excluding hydrogens is 460 g/mol. The number of hydrogen-bond acceptors (Lipinski definition) is 6. The van der Waals surface area contributed by atoms with Crippen molar-refractivity contribution in [1.29, 1.82) is 0 Å². The summed E-state index contributed by atoms with van der Waals surface area (Å²) in [6, 6.07) is 18.7. The molecule has 4 aliphatic rings. The highest BCUT2D eigenvalue weighted by atomic mass is 16.6. The van der Waals surface area contributed by atoms with Gasteiger partial charge in [0.15, 0.2) is 5.78 Å². The molecule has 36 heavy (non-hydrogen) atoms. The Kier molecular flexibility index (Phi) is 4.67. The van der Waals surface area contributed by atoms with Crippen LogP contribution in [-0.4, -0.2) is 29.1 Å². The van der Waals surface area contributed by atoms with Gasteiger partial charge in [0, 0.05) is 27.5 Å². The SMILES string of the molecule is CCOc1ccc(C(C)=O)cc1N1C(=O)[C@H]2C3c4ccccc4C([N+](=O)[O-])(c4ccccc43)[C@H]2C1=O. The average molecular weight is 482 g/mol. The van der Waals surface area contributed by atoms with E-state index in [1.165, 1.54) is 13.0 Å². The van der Waals surface area contributed by atoms with Crippen molar-refractivity contribution < 1.29 is 24.0 Å². The molecule has 0 saturated carbocycles. The standard InChI is InChI=1S/C28H22N2O6/c1-3-36-22-13-12-16(15(2)31)14-21(22)29-26(32)24-23-17-8-4-6-10-19(17)28(30(34)35,25(24)27(29)33)20-11-7-5-9-18(20)23/h4-14,23-25H,3H2,1-2H3/t23?,24-,25+,28?/m0/s1. The molecule has 7 rings (SSSR count). The number of carbonyl (C=O) groups is 3. The van der Waals surface area contributed by atoms with Gasteiger partial charge in [-0.2, -0.15) is 0 Å². The van der Waals surface area contributed by atoms with Gasteiger partial charge >= 0.3 is 0 Å². The van der Waals surface area contributed by atoms with E-state index in [1.807, 2.05) is 12.1 Å². The molecule has 2 bridgehead atoms. The first-order valence-corrected chi connectivity index (χ1v) is 11.8. The zero-order valence-electron chi connectivity index (χ0n) is 19.6. The summed E-state index contributed by atoms with van der Waals surface area (Å²) in [7, 11) is 0. The van der Waals surface area contributed by atoms with E-state index in [9.17, 15) is 24.5 Å². The second-order valence-corrected chi connectivity index (χ2v) is 9.36. The summed E-state index contributed by atoms with van der Waals surface area (Å²) >= 11 is 0. The molecule has 2 amide bonds. The molecular formula is C28H22N2O6. The van der Waals surface area contributed by atoms with Crippen LogP contribution in [0.15, 0.2) is 66.7 Å². The number of hydrogen-bond donors (Lipinski definition) is 0. The lowest BCUT2D eigenvalue weighted by atomic mass is 9.51. The van der Waals surface area contributed by atoms with Crippen LogP contribution in [0.3, 0.4) is 0 Å². The van der Waals surface area contributed by atoms with E-state index in [0.29, 0.717) is 27.8 Å². The molecule has 180 valence electrons. The number of Topliss-reactive ketones (excluding diaryl/α,β-unsaturated/α-hetero) is 1. The first-order chi connectivity index (χ1) is 17.3. The number of ketones is 1. The zero-order valence-corrected chi connectivity index (χ0v) is 19.6. The predicted molar refractivity (Wildman–Crippen MR) is 130 cm³/mol. The number of nitro groups is 1. The maximum atomic E-state index is 14.2. The van der Waals surface area contributed by atoms with Crippen LogP contribution in [0, 0.1) is 22.0 Å². The molecule has 3 aliphatic carbocycles. The highest BCUT2D eigenvalue weighted by molar-refractivity contribution is 6.24. The lowest BCUT2D eigenvalue weighted by Gasteiger charge is -2.48. The van der Waals surface area contributed by atoms with E-state index in [4.69, 9.17) is 4.74 Å². The average Bonchev–Trinajstić information content (AvgIpc) is 3.14. The van der Waals surface area contributed by atoms with E-state index < -0.39 is 40.0 Å². The summed E-state index contributed by atoms with van der Waals surface area (Å²) in [6.45, 7) is 3.43. The monoisotopic (exact) mass is 482 g/mol. The van der Waals surface area contributed by atoms with Crippen LogP contribution >= 0.6 is 0 Å². The third-order valence-electron chi connectivity index (χ3n) is 7.77. The second kappa shape index (κ2) is 7.58. The molecule has 0 unspecified atom stereocenters. The van der Waals surface area contributed by atoms with Gasteiger partial charge in [0.1, 0.15) is 11.7 Å². The van der Waals surface area contributed by atoms with E-state index in [0.717, 1.165) is 4.90 Å². The number of anilines is 1. The molecule has 3 aromatic carbocycles. The van der Waals surface area contributed by atoms with Gasteiger partial charge in [0.2, 0.25) is 11.8 Å². The fourth-order valence-electron chi connectivity index (χ4n) is 6.47. The Balaban J connectivity index is 1.63. The first-order valence-electron chi connectivity index (χ1n) is 11.8. The van der Waals surface area contributed by atoms with Gasteiger partial charge in [-0.15, -0.1) is 0 Å². The van der Waals surface area contributed by atoms with Gasteiger partial charge in [0.05, 0.1) is 18.2 Å². The van der Waals surface area contributed by atoms with Crippen molar-refractivity contribution in [2.24, 2.45) is 11.8 Å². The van der Waals surface area contributed by atoms with Crippen LogP contribution in [-0.2, 0) is 15.1 Å². The smallest absolute Gasteiger partial charge is 0.285 e. The van der Waals surface area contributed by atoms with Crippen LogP contribution in [0.2, 0.25) is 0 Å². The van der Waals surface area contributed by atoms with Crippen molar-refractivity contribution in [2.45, 2.75) is 25.3 Å². The Bertz CT molecular complexity index is 1450. The topological polar surface area (TPSA) is 107 Å². The highest BCUT2D eigenvalue weighted by Gasteiger charge is 2.75. The predicted octanol–water partition coefficient (Wildman–Crippen LogP) is 4.07. The molecule has 0 radical (unpaired) electrons. The number of carbonyl (C=O) groups excluding carboxylic acids is 3. The number of rotatable bonds is 5. The van der Waals surface area contributed by atoms with E-state index >= 15 is 0 Å².